The van der Waals surface area contributed by atoms with E-state index in [1.165, 1.54) is 11.3 Å². The number of hydrogen-bond acceptors (Lipinski definition) is 6. The fourth-order valence-electron chi connectivity index (χ4n) is 2.28. The number of hydrogen-bond donors (Lipinski definition) is 1. The van der Waals surface area contributed by atoms with Gasteiger partial charge in [0.1, 0.15) is 5.69 Å². The van der Waals surface area contributed by atoms with E-state index in [0.717, 1.165) is 41.0 Å². The van der Waals surface area contributed by atoms with E-state index in [2.05, 4.69) is 4.98 Å². The minimum absolute atomic E-state index is 0.121. The molecule has 2 aromatic rings. The number of nitro benzene ring substituents is 1. The van der Waals surface area contributed by atoms with E-state index in [-0.39, 0.29) is 17.2 Å². The second-order valence-corrected chi connectivity index (χ2v) is 6.24. The molecule has 21 heavy (non-hydrogen) atoms. The first-order valence-electron chi connectivity index (χ1n) is 6.90. The Hall–Kier alpha value is -1.73. The van der Waals surface area contributed by atoms with Crippen LogP contribution in [0.25, 0.3) is 10.2 Å². The molecule has 1 aromatic heterocycles. The number of fused-ring (bicyclic) bond motifs is 1. The molecule has 2 rings (SSSR count). The monoisotopic (exact) mass is 309 g/mol. The number of anilines is 1. The third-order valence-electron chi connectivity index (χ3n) is 3.35. The molecule has 0 bridgehead atoms. The van der Waals surface area contributed by atoms with E-state index in [9.17, 15) is 10.1 Å². The lowest BCUT2D eigenvalue weighted by Gasteiger charge is -2.19. The van der Waals surface area contributed by atoms with Crippen molar-refractivity contribution in [1.82, 2.24) is 4.98 Å². The van der Waals surface area contributed by atoms with Crippen LogP contribution in [-0.2, 0) is 0 Å². The van der Waals surface area contributed by atoms with E-state index in [0.29, 0.717) is 5.69 Å². The maximum Gasteiger partial charge on any atom is 0.294 e. The topological polar surface area (TPSA) is 79.5 Å². The summed E-state index contributed by atoms with van der Waals surface area (Å²) in [4.78, 5) is 17.2. The van der Waals surface area contributed by atoms with Gasteiger partial charge in [0, 0.05) is 26.3 Å². The molecule has 0 aliphatic heterocycles. The highest BCUT2D eigenvalue weighted by atomic mass is 32.1. The lowest BCUT2D eigenvalue weighted by atomic mass is 10.2. The molecule has 0 aliphatic carbocycles. The fraction of sp³-hybridized carbons (Fsp3) is 0.500. The van der Waals surface area contributed by atoms with Crippen LogP contribution in [0.2, 0.25) is 0 Å². The van der Waals surface area contributed by atoms with Crippen LogP contribution in [0.4, 0.5) is 11.4 Å². The Morgan fingerprint density at radius 3 is 2.81 bits per heavy atom. The van der Waals surface area contributed by atoms with E-state index in [1.807, 2.05) is 18.9 Å². The molecule has 0 amide bonds. The van der Waals surface area contributed by atoms with Gasteiger partial charge in [0.05, 0.1) is 20.1 Å². The second-order valence-electron chi connectivity index (χ2n) is 5.00. The second kappa shape index (κ2) is 6.82. The number of aromatic nitrogens is 1. The van der Waals surface area contributed by atoms with Gasteiger partial charge in [0.2, 0.25) is 0 Å². The van der Waals surface area contributed by atoms with Crippen molar-refractivity contribution in [2.75, 3.05) is 25.1 Å². The highest BCUT2D eigenvalue weighted by Gasteiger charge is 2.19. The van der Waals surface area contributed by atoms with Crippen molar-refractivity contribution in [3.05, 3.63) is 27.3 Å². The molecule has 0 fully saturated rings. The first kappa shape index (κ1) is 15.7. The van der Waals surface area contributed by atoms with Crippen molar-refractivity contribution >= 4 is 32.9 Å². The number of rotatable bonds is 7. The maximum atomic E-state index is 11.3. The van der Waals surface area contributed by atoms with Gasteiger partial charge in [-0.2, -0.15) is 0 Å². The first-order valence-corrected chi connectivity index (χ1v) is 7.72. The van der Waals surface area contributed by atoms with Crippen molar-refractivity contribution < 1.29 is 10.0 Å². The molecule has 0 saturated heterocycles. The fourth-order valence-corrected chi connectivity index (χ4v) is 3.12. The quantitative estimate of drug-likeness (QED) is 0.483. The average molecular weight is 309 g/mol. The van der Waals surface area contributed by atoms with Crippen molar-refractivity contribution in [2.45, 2.75) is 26.2 Å². The Balaban J connectivity index is 2.27. The summed E-state index contributed by atoms with van der Waals surface area (Å²) in [6.07, 6.45) is 2.56. The average Bonchev–Trinajstić information content (AvgIpc) is 2.81. The Morgan fingerprint density at radius 2 is 2.14 bits per heavy atom. The number of benzene rings is 1. The Morgan fingerprint density at radius 1 is 1.38 bits per heavy atom. The minimum Gasteiger partial charge on any atom is -0.396 e. The SMILES string of the molecule is Cc1nc2cc(N(C)CCCCCO)c([N+](=O)[O-])cc2s1. The summed E-state index contributed by atoms with van der Waals surface area (Å²) in [5, 5.41) is 21.0. The Bertz CT molecular complexity index is 642. The summed E-state index contributed by atoms with van der Waals surface area (Å²) in [5.74, 6) is 0. The van der Waals surface area contributed by atoms with Crippen molar-refractivity contribution in [2.24, 2.45) is 0 Å². The van der Waals surface area contributed by atoms with Crippen LogP contribution in [0.5, 0.6) is 0 Å². The number of nitro groups is 1. The van der Waals surface area contributed by atoms with Gasteiger partial charge in [0.25, 0.3) is 5.69 Å². The summed E-state index contributed by atoms with van der Waals surface area (Å²) in [6, 6.07) is 3.41. The molecule has 0 radical (unpaired) electrons. The van der Waals surface area contributed by atoms with Gasteiger partial charge in [-0.05, 0) is 32.3 Å². The number of unbranched alkanes of at least 4 members (excludes halogenated alkanes) is 2. The zero-order valence-electron chi connectivity index (χ0n) is 12.2. The predicted molar refractivity (Wildman–Crippen MR) is 85.2 cm³/mol. The number of nitrogens with zero attached hydrogens (tertiary/aromatic N) is 3. The molecule has 114 valence electrons. The first-order chi connectivity index (χ1) is 10.0. The maximum absolute atomic E-state index is 11.3. The molecular weight excluding hydrogens is 290 g/mol. The summed E-state index contributed by atoms with van der Waals surface area (Å²) in [5.41, 5.74) is 1.53. The Kier molecular flexibility index (Phi) is 5.08. The van der Waals surface area contributed by atoms with E-state index < -0.39 is 0 Å². The van der Waals surface area contributed by atoms with Gasteiger partial charge in [-0.15, -0.1) is 11.3 Å². The molecular formula is C14H19N3O3S. The summed E-state index contributed by atoms with van der Waals surface area (Å²) >= 11 is 1.47. The number of aliphatic hydroxyl groups excluding tert-OH is 1. The number of thiazole rings is 1. The molecule has 6 nitrogen and oxygen atoms in total. The van der Waals surface area contributed by atoms with Crippen molar-refractivity contribution in [1.29, 1.82) is 0 Å². The summed E-state index contributed by atoms with van der Waals surface area (Å²) < 4.78 is 0.844. The molecule has 1 aromatic carbocycles. The number of aryl methyl sites for hydroxylation is 1. The van der Waals surface area contributed by atoms with Gasteiger partial charge in [0.15, 0.2) is 0 Å². The molecule has 0 unspecified atom stereocenters. The van der Waals surface area contributed by atoms with Gasteiger partial charge in [-0.3, -0.25) is 10.1 Å². The van der Waals surface area contributed by atoms with Gasteiger partial charge < -0.3 is 10.0 Å². The number of aliphatic hydroxyl groups is 1. The van der Waals surface area contributed by atoms with Crippen LogP contribution in [0.1, 0.15) is 24.3 Å². The predicted octanol–water partition coefficient (Wildman–Crippen LogP) is 3.11. The summed E-state index contributed by atoms with van der Waals surface area (Å²) in [7, 11) is 1.85. The van der Waals surface area contributed by atoms with E-state index in [4.69, 9.17) is 5.11 Å². The van der Waals surface area contributed by atoms with Gasteiger partial charge in [-0.1, -0.05) is 0 Å². The molecule has 0 atom stereocenters. The smallest absolute Gasteiger partial charge is 0.294 e. The standard InChI is InChI=1S/C14H19N3O3S/c1-10-15-11-8-12(16(2)6-4-3-5-7-18)13(17(19)20)9-14(11)21-10/h8-9,18H,3-7H2,1-2H3. The van der Waals surface area contributed by atoms with Crippen molar-refractivity contribution in [3.63, 3.8) is 0 Å². The molecule has 0 saturated carbocycles. The molecule has 0 aliphatic rings. The van der Waals surface area contributed by atoms with E-state index in [1.54, 1.807) is 12.1 Å². The molecule has 1 N–H and O–H groups in total. The van der Waals surface area contributed by atoms with Crippen LogP contribution in [0.3, 0.4) is 0 Å². The summed E-state index contributed by atoms with van der Waals surface area (Å²) in [6.45, 7) is 2.80. The lowest BCUT2D eigenvalue weighted by molar-refractivity contribution is -0.384. The van der Waals surface area contributed by atoms with Crippen molar-refractivity contribution in [3.8, 4) is 0 Å². The lowest BCUT2D eigenvalue weighted by Crippen LogP contribution is -2.19. The molecule has 0 spiro atoms. The largest absolute Gasteiger partial charge is 0.396 e. The third-order valence-corrected chi connectivity index (χ3v) is 4.28. The third kappa shape index (κ3) is 3.68. The van der Waals surface area contributed by atoms with Gasteiger partial charge in [-0.25, -0.2) is 4.98 Å². The van der Waals surface area contributed by atoms with E-state index >= 15 is 0 Å². The Labute approximate surface area is 127 Å². The van der Waals surface area contributed by atoms with Crippen LogP contribution < -0.4 is 4.90 Å². The van der Waals surface area contributed by atoms with Crippen LogP contribution >= 0.6 is 11.3 Å². The zero-order chi connectivity index (χ0) is 15.4. The normalized spacial score (nSPS) is 11.0. The highest BCUT2D eigenvalue weighted by molar-refractivity contribution is 7.18. The highest BCUT2D eigenvalue weighted by Crippen LogP contribution is 2.34. The molecule has 1 heterocycles. The van der Waals surface area contributed by atoms with Crippen LogP contribution in [-0.4, -0.2) is 35.2 Å². The van der Waals surface area contributed by atoms with Gasteiger partial charge >= 0.3 is 0 Å². The van der Waals surface area contributed by atoms with Crippen LogP contribution in [0.15, 0.2) is 12.1 Å². The molecule has 7 heteroatoms. The zero-order valence-corrected chi connectivity index (χ0v) is 13.0. The van der Waals surface area contributed by atoms with Crippen LogP contribution in [0, 0.1) is 17.0 Å². The minimum atomic E-state index is -0.339.